The first-order valence-corrected chi connectivity index (χ1v) is 4.38. The molecule has 78 valence electrons. The summed E-state index contributed by atoms with van der Waals surface area (Å²) in [6.07, 6.45) is 2.33. The second-order valence-corrected chi connectivity index (χ2v) is 3.09. The number of nitrogens with one attached hydrogen (secondary N) is 1. The van der Waals surface area contributed by atoms with Crippen LogP contribution in [-0.2, 0) is 0 Å². The number of rotatable bonds is 0. The van der Waals surface area contributed by atoms with Gasteiger partial charge in [0.15, 0.2) is 0 Å². The molecule has 7 heteroatoms. The first-order chi connectivity index (χ1) is 7.75. The van der Waals surface area contributed by atoms with Gasteiger partial charge in [0.25, 0.3) is 11.1 Å². The first-order valence-electron chi connectivity index (χ1n) is 4.38. The molecule has 0 atom stereocenters. The largest absolute Gasteiger partial charge is 0.419 e. The summed E-state index contributed by atoms with van der Waals surface area (Å²) in [5.74, 6) is 0.116. The number of hydrogen-bond donors (Lipinski definition) is 1. The van der Waals surface area contributed by atoms with E-state index in [0.29, 0.717) is 0 Å². The van der Waals surface area contributed by atoms with Crippen LogP contribution in [0, 0.1) is 0 Å². The SMILES string of the molecule is O=c1ncnc2oc3nc[nH]c(=O)c3cc1-2. The van der Waals surface area contributed by atoms with Gasteiger partial charge in [0.1, 0.15) is 17.3 Å². The summed E-state index contributed by atoms with van der Waals surface area (Å²) < 4.78 is 5.23. The van der Waals surface area contributed by atoms with Crippen LogP contribution in [0.1, 0.15) is 0 Å². The Morgan fingerprint density at radius 2 is 2.06 bits per heavy atom. The van der Waals surface area contributed by atoms with E-state index in [1.165, 1.54) is 12.4 Å². The number of fused-ring (bicyclic) bond motifs is 2. The lowest BCUT2D eigenvalue weighted by molar-refractivity contribution is 0.581. The molecule has 0 aliphatic carbocycles. The van der Waals surface area contributed by atoms with Crippen molar-refractivity contribution in [3.63, 3.8) is 0 Å². The molecule has 2 aliphatic heterocycles. The van der Waals surface area contributed by atoms with Crippen molar-refractivity contribution in [1.29, 1.82) is 0 Å². The van der Waals surface area contributed by atoms with Crippen LogP contribution in [0.25, 0.3) is 22.6 Å². The minimum atomic E-state index is -0.487. The van der Waals surface area contributed by atoms with E-state index in [9.17, 15) is 9.59 Å². The minimum Gasteiger partial charge on any atom is -0.419 e. The molecule has 2 aliphatic rings. The smallest absolute Gasteiger partial charge is 0.283 e. The highest BCUT2D eigenvalue weighted by Gasteiger charge is 2.14. The summed E-state index contributed by atoms with van der Waals surface area (Å²) in [5, 5.41) is 0.196. The highest BCUT2D eigenvalue weighted by molar-refractivity contribution is 5.77. The average Bonchev–Trinajstić information content (AvgIpc) is 2.28. The molecule has 0 bridgehead atoms. The van der Waals surface area contributed by atoms with Crippen molar-refractivity contribution in [3.05, 3.63) is 39.4 Å². The molecular formula is C9H4N4O3. The second-order valence-electron chi connectivity index (χ2n) is 3.09. The molecule has 7 nitrogen and oxygen atoms in total. The van der Waals surface area contributed by atoms with Crippen LogP contribution >= 0.6 is 0 Å². The molecule has 1 N–H and O–H groups in total. The number of nitrogens with zero attached hydrogens (tertiary/aromatic N) is 3. The maximum Gasteiger partial charge on any atom is 0.283 e. The minimum absolute atomic E-state index is 0.116. The third kappa shape index (κ3) is 1.11. The van der Waals surface area contributed by atoms with Crippen LogP contribution in [0.15, 0.2) is 32.7 Å². The zero-order valence-electron chi connectivity index (χ0n) is 7.80. The molecule has 3 heterocycles. The van der Waals surface area contributed by atoms with Crippen molar-refractivity contribution in [2.75, 3.05) is 0 Å². The maximum absolute atomic E-state index is 11.4. The van der Waals surface area contributed by atoms with Gasteiger partial charge in [-0.3, -0.25) is 9.59 Å². The van der Waals surface area contributed by atoms with Crippen LogP contribution in [0.2, 0.25) is 0 Å². The molecule has 0 amide bonds. The van der Waals surface area contributed by atoms with Crippen LogP contribution < -0.4 is 11.1 Å². The van der Waals surface area contributed by atoms with Crippen LogP contribution in [0.5, 0.6) is 0 Å². The molecule has 0 radical (unpaired) electrons. The molecule has 16 heavy (non-hydrogen) atoms. The zero-order valence-corrected chi connectivity index (χ0v) is 7.80. The van der Waals surface area contributed by atoms with Crippen molar-refractivity contribution < 1.29 is 4.42 Å². The van der Waals surface area contributed by atoms with Crippen molar-refractivity contribution in [2.24, 2.45) is 0 Å². The van der Waals surface area contributed by atoms with Gasteiger partial charge < -0.3 is 9.40 Å². The van der Waals surface area contributed by atoms with Crippen molar-refractivity contribution >= 4 is 11.1 Å². The number of aromatic amines is 1. The van der Waals surface area contributed by atoms with E-state index in [2.05, 4.69) is 19.9 Å². The average molecular weight is 216 g/mol. The fraction of sp³-hybridized carbons (Fsp3) is 0. The Labute approximate surface area is 87.2 Å². The standard InChI is InChI=1S/C9H4N4O3/c14-6-4-1-5-7(15)11-3-13-9(5)16-8(4)12-2-10-6/h1-3H,(H,10,12,14). The number of hydrogen-bond acceptors (Lipinski definition) is 6. The number of H-pyrrole nitrogens is 1. The van der Waals surface area contributed by atoms with E-state index in [1.807, 2.05) is 0 Å². The van der Waals surface area contributed by atoms with E-state index in [4.69, 9.17) is 4.42 Å². The molecule has 0 spiro atoms. The molecular weight excluding hydrogens is 212 g/mol. The summed E-state index contributed by atoms with van der Waals surface area (Å²) in [6, 6.07) is 1.38. The van der Waals surface area contributed by atoms with Crippen LogP contribution in [0.4, 0.5) is 0 Å². The summed E-state index contributed by atoms with van der Waals surface area (Å²) in [4.78, 5) is 36.3. The Balaban J connectivity index is 2.61. The Morgan fingerprint density at radius 3 is 2.94 bits per heavy atom. The van der Waals surface area contributed by atoms with E-state index in [0.717, 1.165) is 6.33 Å². The van der Waals surface area contributed by atoms with Gasteiger partial charge in [0.05, 0.1) is 6.33 Å². The molecule has 0 fully saturated rings. The summed E-state index contributed by atoms with van der Waals surface area (Å²) in [7, 11) is 0. The topological polar surface area (TPSA) is 102 Å². The van der Waals surface area contributed by atoms with E-state index < -0.39 is 5.56 Å². The molecule has 3 rings (SSSR count). The summed E-state index contributed by atoms with van der Waals surface area (Å²) in [5.41, 5.74) is -0.569. The fourth-order valence-corrected chi connectivity index (χ4v) is 1.41. The normalized spacial score (nSPS) is 11.0. The maximum atomic E-state index is 11.4. The lowest BCUT2D eigenvalue weighted by Gasteiger charge is -2.01. The van der Waals surface area contributed by atoms with Crippen LogP contribution in [0.3, 0.4) is 0 Å². The monoisotopic (exact) mass is 216 g/mol. The first kappa shape index (κ1) is 8.72. The Bertz CT molecular complexity index is 760. The van der Waals surface area contributed by atoms with Gasteiger partial charge in [-0.05, 0) is 6.07 Å². The Morgan fingerprint density at radius 1 is 1.19 bits per heavy atom. The quantitative estimate of drug-likeness (QED) is 0.521. The molecule has 0 saturated carbocycles. The van der Waals surface area contributed by atoms with Crippen molar-refractivity contribution in [2.45, 2.75) is 0 Å². The van der Waals surface area contributed by atoms with Gasteiger partial charge in [-0.1, -0.05) is 0 Å². The van der Waals surface area contributed by atoms with Gasteiger partial charge >= 0.3 is 0 Å². The van der Waals surface area contributed by atoms with Crippen LogP contribution in [-0.4, -0.2) is 19.9 Å². The zero-order chi connectivity index (χ0) is 11.1. The van der Waals surface area contributed by atoms with Gasteiger partial charge in [-0.25, -0.2) is 9.97 Å². The van der Waals surface area contributed by atoms with Crippen molar-refractivity contribution in [1.82, 2.24) is 19.9 Å². The molecule has 1 aromatic rings. The predicted octanol–water partition coefficient (Wildman–Crippen LogP) is -0.229. The fourth-order valence-electron chi connectivity index (χ4n) is 1.41. The Kier molecular flexibility index (Phi) is 1.61. The van der Waals surface area contributed by atoms with E-state index >= 15 is 0 Å². The molecule has 0 unspecified atom stereocenters. The van der Waals surface area contributed by atoms with Crippen molar-refractivity contribution in [3.8, 4) is 11.5 Å². The highest BCUT2D eigenvalue weighted by Crippen LogP contribution is 2.18. The molecule has 0 aromatic carbocycles. The lowest BCUT2D eigenvalue weighted by Crippen LogP contribution is -2.13. The van der Waals surface area contributed by atoms with Gasteiger partial charge in [0, 0.05) is 0 Å². The third-order valence-corrected chi connectivity index (χ3v) is 2.15. The second kappa shape index (κ2) is 2.96. The Hall–Kier alpha value is -2.57. The predicted molar refractivity (Wildman–Crippen MR) is 53.1 cm³/mol. The highest BCUT2D eigenvalue weighted by atomic mass is 16.4. The molecule has 0 saturated heterocycles. The molecule has 1 aromatic heterocycles. The summed E-state index contributed by atoms with van der Waals surface area (Å²) in [6.45, 7) is 0. The third-order valence-electron chi connectivity index (χ3n) is 2.15. The lowest BCUT2D eigenvalue weighted by atomic mass is 10.2. The van der Waals surface area contributed by atoms with E-state index in [-0.39, 0.29) is 28.1 Å². The van der Waals surface area contributed by atoms with Gasteiger partial charge in [-0.15, -0.1) is 0 Å². The number of aromatic nitrogens is 4. The van der Waals surface area contributed by atoms with E-state index in [1.54, 1.807) is 0 Å². The van der Waals surface area contributed by atoms with Gasteiger partial charge in [-0.2, -0.15) is 4.98 Å². The van der Waals surface area contributed by atoms with Gasteiger partial charge in [0.2, 0.25) is 11.6 Å². The summed E-state index contributed by atoms with van der Waals surface area (Å²) >= 11 is 0.